The number of thioether (sulfide) groups is 1. The molecule has 0 aliphatic heterocycles. The largest absolute Gasteiger partial charge is 0.316 e. The molecule has 1 N–H and O–H groups in total. The van der Waals surface area contributed by atoms with E-state index in [0.29, 0.717) is 6.04 Å². The molecule has 3 nitrogen and oxygen atoms in total. The van der Waals surface area contributed by atoms with Gasteiger partial charge in [-0.2, -0.15) is 0 Å². The average Bonchev–Trinajstić information content (AvgIpc) is 2.18. The Hall–Kier alpha value is -0.610. The minimum atomic E-state index is 0.541. The molecule has 1 heterocycles. The number of nitrogens with zero attached hydrogens (tertiary/aromatic N) is 2. The predicted octanol–water partition coefficient (Wildman–Crippen LogP) is 2.18. The van der Waals surface area contributed by atoms with Gasteiger partial charge >= 0.3 is 0 Å². The fourth-order valence-electron chi connectivity index (χ4n) is 1.34. The number of aromatic nitrogens is 2. The predicted molar refractivity (Wildman–Crippen MR) is 65.4 cm³/mol. The van der Waals surface area contributed by atoms with Gasteiger partial charge in [0.25, 0.3) is 0 Å². The van der Waals surface area contributed by atoms with E-state index in [9.17, 15) is 0 Å². The number of aryl methyl sites for hydroxylation is 2. The Bertz CT molecular complexity index is 290. The van der Waals surface area contributed by atoms with Crippen LogP contribution >= 0.6 is 11.8 Å². The lowest BCUT2D eigenvalue weighted by Crippen LogP contribution is -2.26. The van der Waals surface area contributed by atoms with Gasteiger partial charge < -0.3 is 5.32 Å². The van der Waals surface area contributed by atoms with Crippen molar-refractivity contribution in [2.24, 2.45) is 0 Å². The van der Waals surface area contributed by atoms with Crippen LogP contribution in [0.2, 0.25) is 0 Å². The van der Waals surface area contributed by atoms with Gasteiger partial charge in [-0.3, -0.25) is 0 Å². The SMILES string of the molecule is CCC(CSc1nc(C)cc(C)n1)NC. The first-order valence-corrected chi connectivity index (χ1v) is 6.26. The van der Waals surface area contributed by atoms with Crippen molar-refractivity contribution in [3.05, 3.63) is 17.5 Å². The van der Waals surface area contributed by atoms with Gasteiger partial charge in [0, 0.05) is 23.2 Å². The van der Waals surface area contributed by atoms with Gasteiger partial charge in [-0.15, -0.1) is 0 Å². The Morgan fingerprint density at radius 3 is 2.40 bits per heavy atom. The van der Waals surface area contributed by atoms with Crippen molar-refractivity contribution in [3.8, 4) is 0 Å². The molecule has 0 aromatic carbocycles. The van der Waals surface area contributed by atoms with Crippen LogP contribution in [0.4, 0.5) is 0 Å². The fraction of sp³-hybridized carbons (Fsp3) is 0.636. The standard InChI is InChI=1S/C11H19N3S/c1-5-10(12-4)7-15-11-13-8(2)6-9(3)14-11/h6,10,12H,5,7H2,1-4H3. The van der Waals surface area contributed by atoms with Gasteiger partial charge in [0.2, 0.25) is 0 Å². The summed E-state index contributed by atoms with van der Waals surface area (Å²) in [6.45, 7) is 6.20. The third-order valence-electron chi connectivity index (χ3n) is 2.28. The second-order valence-corrected chi connectivity index (χ2v) is 4.63. The first-order chi connectivity index (χ1) is 7.15. The average molecular weight is 225 g/mol. The summed E-state index contributed by atoms with van der Waals surface area (Å²) in [6.07, 6.45) is 1.13. The van der Waals surface area contributed by atoms with Crippen molar-refractivity contribution < 1.29 is 0 Å². The second-order valence-electron chi connectivity index (χ2n) is 3.64. The highest BCUT2D eigenvalue weighted by Crippen LogP contribution is 2.15. The summed E-state index contributed by atoms with van der Waals surface area (Å²) in [5.41, 5.74) is 2.09. The molecule has 15 heavy (non-hydrogen) atoms. The van der Waals surface area contributed by atoms with Crippen molar-refractivity contribution in [1.29, 1.82) is 0 Å². The molecule has 0 amide bonds. The van der Waals surface area contributed by atoms with E-state index >= 15 is 0 Å². The molecule has 0 saturated carbocycles. The molecule has 0 radical (unpaired) electrons. The van der Waals surface area contributed by atoms with Crippen molar-refractivity contribution in [2.75, 3.05) is 12.8 Å². The molecule has 1 unspecified atom stereocenters. The van der Waals surface area contributed by atoms with E-state index in [-0.39, 0.29) is 0 Å². The highest BCUT2D eigenvalue weighted by Gasteiger charge is 2.06. The third-order valence-corrected chi connectivity index (χ3v) is 3.29. The van der Waals surface area contributed by atoms with E-state index in [1.807, 2.05) is 27.0 Å². The molecule has 0 fully saturated rings. The van der Waals surface area contributed by atoms with Crippen LogP contribution in [0.3, 0.4) is 0 Å². The molecule has 0 saturated heterocycles. The van der Waals surface area contributed by atoms with Gasteiger partial charge in [0.05, 0.1) is 0 Å². The highest BCUT2D eigenvalue weighted by molar-refractivity contribution is 7.99. The molecule has 84 valence electrons. The summed E-state index contributed by atoms with van der Waals surface area (Å²) in [5.74, 6) is 1.02. The Balaban J connectivity index is 2.57. The molecule has 1 atom stereocenters. The van der Waals surface area contributed by atoms with Crippen LogP contribution in [0, 0.1) is 13.8 Å². The zero-order valence-corrected chi connectivity index (χ0v) is 10.7. The lowest BCUT2D eigenvalue weighted by atomic mass is 10.3. The summed E-state index contributed by atoms with van der Waals surface area (Å²) in [7, 11) is 2.00. The van der Waals surface area contributed by atoms with Crippen LogP contribution < -0.4 is 5.32 Å². The number of rotatable bonds is 5. The van der Waals surface area contributed by atoms with Gasteiger partial charge in [0.15, 0.2) is 5.16 Å². The molecule has 0 spiro atoms. The van der Waals surface area contributed by atoms with Crippen LogP contribution in [0.15, 0.2) is 11.2 Å². The van der Waals surface area contributed by atoms with Gasteiger partial charge in [-0.25, -0.2) is 9.97 Å². The molecule has 1 rings (SSSR count). The Morgan fingerprint density at radius 2 is 1.93 bits per heavy atom. The Kier molecular flexibility index (Phi) is 5.05. The van der Waals surface area contributed by atoms with Crippen LogP contribution in [0.25, 0.3) is 0 Å². The van der Waals surface area contributed by atoms with E-state index in [2.05, 4.69) is 22.2 Å². The Morgan fingerprint density at radius 1 is 1.33 bits per heavy atom. The topological polar surface area (TPSA) is 37.8 Å². The van der Waals surface area contributed by atoms with Crippen LogP contribution in [0.1, 0.15) is 24.7 Å². The third kappa shape index (κ3) is 4.18. The quantitative estimate of drug-likeness (QED) is 0.616. The van der Waals surface area contributed by atoms with Crippen LogP contribution in [-0.4, -0.2) is 28.8 Å². The van der Waals surface area contributed by atoms with Crippen molar-refractivity contribution >= 4 is 11.8 Å². The summed E-state index contributed by atoms with van der Waals surface area (Å²) < 4.78 is 0. The fourth-order valence-corrected chi connectivity index (χ4v) is 2.51. The number of hydrogen-bond acceptors (Lipinski definition) is 4. The van der Waals surface area contributed by atoms with E-state index in [1.165, 1.54) is 0 Å². The smallest absolute Gasteiger partial charge is 0.188 e. The Labute approximate surface area is 96.1 Å². The van der Waals surface area contributed by atoms with Gasteiger partial charge in [-0.05, 0) is 33.4 Å². The summed E-state index contributed by atoms with van der Waals surface area (Å²) in [6, 6.07) is 2.54. The zero-order valence-electron chi connectivity index (χ0n) is 9.87. The lowest BCUT2D eigenvalue weighted by molar-refractivity contribution is 0.601. The molecule has 0 bridgehead atoms. The maximum atomic E-state index is 4.40. The van der Waals surface area contributed by atoms with Crippen LogP contribution in [0.5, 0.6) is 0 Å². The molecule has 1 aromatic rings. The summed E-state index contributed by atoms with van der Waals surface area (Å²) in [4.78, 5) is 8.80. The van der Waals surface area contributed by atoms with Crippen molar-refractivity contribution in [1.82, 2.24) is 15.3 Å². The zero-order chi connectivity index (χ0) is 11.3. The first kappa shape index (κ1) is 12.5. The monoisotopic (exact) mass is 225 g/mol. The molecule has 1 aromatic heterocycles. The van der Waals surface area contributed by atoms with Gasteiger partial charge in [-0.1, -0.05) is 18.7 Å². The second kappa shape index (κ2) is 6.08. The number of nitrogens with one attached hydrogen (secondary N) is 1. The minimum absolute atomic E-state index is 0.541. The summed E-state index contributed by atoms with van der Waals surface area (Å²) >= 11 is 1.72. The van der Waals surface area contributed by atoms with Crippen molar-refractivity contribution in [2.45, 2.75) is 38.4 Å². The maximum Gasteiger partial charge on any atom is 0.188 e. The number of hydrogen-bond donors (Lipinski definition) is 1. The molecule has 0 aliphatic rings. The molecular weight excluding hydrogens is 206 g/mol. The maximum absolute atomic E-state index is 4.40. The van der Waals surface area contributed by atoms with Gasteiger partial charge in [0.1, 0.15) is 0 Å². The first-order valence-electron chi connectivity index (χ1n) is 5.28. The molecular formula is C11H19N3S. The van der Waals surface area contributed by atoms with Crippen LogP contribution in [-0.2, 0) is 0 Å². The van der Waals surface area contributed by atoms with E-state index in [1.54, 1.807) is 11.8 Å². The van der Waals surface area contributed by atoms with E-state index < -0.39 is 0 Å². The van der Waals surface area contributed by atoms with Crippen molar-refractivity contribution in [3.63, 3.8) is 0 Å². The normalized spacial score (nSPS) is 12.8. The molecule has 4 heteroatoms. The lowest BCUT2D eigenvalue weighted by Gasteiger charge is -2.12. The minimum Gasteiger partial charge on any atom is -0.316 e. The highest BCUT2D eigenvalue weighted by atomic mass is 32.2. The van der Waals surface area contributed by atoms with E-state index in [0.717, 1.165) is 28.7 Å². The van der Waals surface area contributed by atoms with E-state index in [4.69, 9.17) is 0 Å². The molecule has 0 aliphatic carbocycles. The summed E-state index contributed by atoms with van der Waals surface area (Å²) in [5, 5.41) is 4.16.